The molecule has 3 rings (SSSR count). The van der Waals surface area contributed by atoms with Crippen molar-refractivity contribution in [2.24, 2.45) is 16.4 Å². The first kappa shape index (κ1) is 22.5. The van der Waals surface area contributed by atoms with Crippen LogP contribution in [0, 0.1) is 11.3 Å². The van der Waals surface area contributed by atoms with Crippen molar-refractivity contribution in [3.63, 3.8) is 0 Å². The molecule has 1 saturated carbocycles. The second-order valence-corrected chi connectivity index (χ2v) is 11.2. The number of hydrogen-bond acceptors (Lipinski definition) is 4. The van der Waals surface area contributed by atoms with Gasteiger partial charge < -0.3 is 0 Å². The van der Waals surface area contributed by atoms with Crippen molar-refractivity contribution >= 4 is 43.3 Å². The highest BCUT2D eigenvalue weighted by atomic mass is 79.9. The van der Waals surface area contributed by atoms with Crippen molar-refractivity contribution in [1.82, 2.24) is 5.43 Å². The molecule has 0 aromatic heterocycles. The van der Waals surface area contributed by atoms with E-state index in [1.54, 1.807) is 36.4 Å². The fourth-order valence-electron chi connectivity index (χ4n) is 3.91. The van der Waals surface area contributed by atoms with Gasteiger partial charge >= 0.3 is 0 Å². The van der Waals surface area contributed by atoms with Crippen molar-refractivity contribution in [3.05, 3.63) is 58.6 Å². The molecule has 0 bridgehead atoms. The highest BCUT2D eigenvalue weighted by molar-refractivity contribution is 9.10. The lowest BCUT2D eigenvalue weighted by Crippen LogP contribution is -2.30. The summed E-state index contributed by atoms with van der Waals surface area (Å²) in [6.07, 6.45) is 2.91. The fourth-order valence-corrected chi connectivity index (χ4v) is 5.23. The molecular weight excluding hydrogens is 466 g/mol. The van der Waals surface area contributed by atoms with Gasteiger partial charge in [-0.3, -0.25) is 9.52 Å². The maximum absolute atomic E-state index is 12.5. The Kier molecular flexibility index (Phi) is 6.67. The number of amides is 1. The number of nitrogens with one attached hydrogen (secondary N) is 2. The summed E-state index contributed by atoms with van der Waals surface area (Å²) < 4.78 is 28.2. The van der Waals surface area contributed by atoms with Gasteiger partial charge in [-0.05, 0) is 79.1 Å². The van der Waals surface area contributed by atoms with E-state index in [0.717, 1.165) is 29.4 Å². The van der Waals surface area contributed by atoms with Gasteiger partial charge in [-0.1, -0.05) is 36.7 Å². The van der Waals surface area contributed by atoms with Crippen LogP contribution < -0.4 is 10.1 Å². The van der Waals surface area contributed by atoms with Crippen LogP contribution in [0.2, 0.25) is 0 Å². The summed E-state index contributed by atoms with van der Waals surface area (Å²) in [5.41, 5.74) is 4.62. The third kappa shape index (κ3) is 5.92. The van der Waals surface area contributed by atoms with Gasteiger partial charge in [-0.2, -0.15) is 5.10 Å². The Hall–Kier alpha value is -2.19. The minimum atomic E-state index is -3.70. The summed E-state index contributed by atoms with van der Waals surface area (Å²) >= 11 is 3.28. The van der Waals surface area contributed by atoms with Gasteiger partial charge in [0.05, 0.1) is 4.90 Å². The van der Waals surface area contributed by atoms with E-state index in [-0.39, 0.29) is 16.2 Å². The molecule has 1 amide bonds. The molecular formula is C22H26BrN3O3S. The summed E-state index contributed by atoms with van der Waals surface area (Å²) in [5.74, 6) is 0.225. The normalized spacial score (nSPS) is 20.0. The Bertz CT molecular complexity index is 1050. The minimum Gasteiger partial charge on any atom is -0.280 e. The van der Waals surface area contributed by atoms with Crippen LogP contribution in [0.15, 0.2) is 63.0 Å². The molecule has 30 heavy (non-hydrogen) atoms. The van der Waals surface area contributed by atoms with E-state index < -0.39 is 10.0 Å². The first-order valence-corrected chi connectivity index (χ1v) is 12.1. The fraction of sp³-hybridized carbons (Fsp3) is 0.364. The van der Waals surface area contributed by atoms with E-state index in [1.165, 1.54) is 12.1 Å². The smallest absolute Gasteiger partial charge is 0.271 e. The van der Waals surface area contributed by atoms with Gasteiger partial charge in [0.15, 0.2) is 0 Å². The summed E-state index contributed by atoms with van der Waals surface area (Å²) in [6, 6.07) is 12.6. The van der Waals surface area contributed by atoms with E-state index in [1.807, 2.05) is 0 Å². The zero-order valence-corrected chi connectivity index (χ0v) is 19.7. The standard InChI is InChI=1S/C22H26BrN3O3S/c1-15-12-19(14-22(2,3)13-15)24-25-21(27)16-4-8-18(9-5-16)26-30(28,29)20-10-6-17(23)7-11-20/h4-11,15,26H,12-14H2,1-3H3,(H,25,27)/b24-19+. The number of anilines is 1. The van der Waals surface area contributed by atoms with Gasteiger partial charge in [0, 0.05) is 21.4 Å². The molecule has 1 unspecified atom stereocenters. The number of sulfonamides is 1. The lowest BCUT2D eigenvalue weighted by Gasteiger charge is -2.34. The summed E-state index contributed by atoms with van der Waals surface area (Å²) in [6.45, 7) is 6.63. The number of rotatable bonds is 5. The number of carbonyl (C=O) groups is 1. The first-order chi connectivity index (χ1) is 14.0. The zero-order valence-electron chi connectivity index (χ0n) is 17.3. The molecule has 0 saturated heterocycles. The summed E-state index contributed by atoms with van der Waals surface area (Å²) in [5, 5.41) is 4.34. The summed E-state index contributed by atoms with van der Waals surface area (Å²) in [7, 11) is -3.70. The second-order valence-electron chi connectivity index (χ2n) is 8.61. The maximum atomic E-state index is 12.5. The molecule has 160 valence electrons. The molecule has 1 aliphatic rings. The molecule has 0 spiro atoms. The van der Waals surface area contributed by atoms with Gasteiger partial charge in [0.25, 0.3) is 15.9 Å². The predicted molar refractivity (Wildman–Crippen MR) is 123 cm³/mol. The molecule has 6 nitrogen and oxygen atoms in total. The molecule has 1 aliphatic carbocycles. The third-order valence-corrected chi connectivity index (χ3v) is 6.93. The van der Waals surface area contributed by atoms with Crippen molar-refractivity contribution in [2.45, 2.75) is 44.9 Å². The highest BCUT2D eigenvalue weighted by Gasteiger charge is 2.29. The quantitative estimate of drug-likeness (QED) is 0.564. The highest BCUT2D eigenvalue weighted by Crippen LogP contribution is 2.36. The average Bonchev–Trinajstić information content (AvgIpc) is 2.65. The molecule has 1 atom stereocenters. The van der Waals surface area contributed by atoms with E-state index >= 15 is 0 Å². The van der Waals surface area contributed by atoms with Crippen LogP contribution in [0.5, 0.6) is 0 Å². The molecule has 0 aliphatic heterocycles. The van der Waals surface area contributed by atoms with E-state index in [4.69, 9.17) is 0 Å². The monoisotopic (exact) mass is 491 g/mol. The molecule has 0 radical (unpaired) electrons. The average molecular weight is 492 g/mol. The third-order valence-electron chi connectivity index (χ3n) is 5.01. The van der Waals surface area contributed by atoms with Crippen molar-refractivity contribution in [3.8, 4) is 0 Å². The van der Waals surface area contributed by atoms with Gasteiger partial charge in [-0.15, -0.1) is 0 Å². The van der Waals surface area contributed by atoms with Crippen molar-refractivity contribution < 1.29 is 13.2 Å². The topological polar surface area (TPSA) is 87.6 Å². The predicted octanol–water partition coefficient (Wildman–Crippen LogP) is 5.18. The lowest BCUT2D eigenvalue weighted by molar-refractivity contribution is 0.0954. The van der Waals surface area contributed by atoms with Crippen LogP contribution in [0.4, 0.5) is 5.69 Å². The molecule has 2 aromatic rings. The van der Waals surface area contributed by atoms with Crippen LogP contribution in [0.1, 0.15) is 50.4 Å². The van der Waals surface area contributed by atoms with Gasteiger partial charge in [-0.25, -0.2) is 13.8 Å². The number of carbonyl (C=O) groups excluding carboxylic acids is 1. The maximum Gasteiger partial charge on any atom is 0.271 e. The molecule has 2 aromatic carbocycles. The molecule has 1 fully saturated rings. The SMILES string of the molecule is CC1C/C(=N\NC(=O)c2ccc(NS(=O)(=O)c3ccc(Br)cc3)cc2)CC(C)(C)C1. The molecule has 8 heteroatoms. The summed E-state index contributed by atoms with van der Waals surface area (Å²) in [4.78, 5) is 12.6. The van der Waals surface area contributed by atoms with Crippen LogP contribution in [0.3, 0.4) is 0 Å². The second kappa shape index (κ2) is 8.89. The molecule has 0 heterocycles. The van der Waals surface area contributed by atoms with Crippen LogP contribution in [0.25, 0.3) is 0 Å². The van der Waals surface area contributed by atoms with Crippen molar-refractivity contribution in [2.75, 3.05) is 4.72 Å². The minimum absolute atomic E-state index is 0.160. The van der Waals surface area contributed by atoms with Crippen LogP contribution >= 0.6 is 15.9 Å². The number of benzene rings is 2. The molecule has 2 N–H and O–H groups in total. The zero-order chi connectivity index (χ0) is 21.9. The Morgan fingerprint density at radius 3 is 2.33 bits per heavy atom. The number of hydrazone groups is 1. The van der Waals surface area contributed by atoms with Crippen LogP contribution in [-0.2, 0) is 10.0 Å². The Balaban J connectivity index is 1.64. The largest absolute Gasteiger partial charge is 0.280 e. The Morgan fingerprint density at radius 1 is 1.10 bits per heavy atom. The van der Waals surface area contributed by atoms with Crippen LogP contribution in [-0.4, -0.2) is 20.0 Å². The lowest BCUT2D eigenvalue weighted by atomic mass is 9.72. The number of hydrogen-bond donors (Lipinski definition) is 2. The number of nitrogens with zero attached hydrogens (tertiary/aromatic N) is 1. The van der Waals surface area contributed by atoms with E-state index in [0.29, 0.717) is 17.2 Å². The van der Waals surface area contributed by atoms with Crippen molar-refractivity contribution in [1.29, 1.82) is 0 Å². The van der Waals surface area contributed by atoms with E-state index in [9.17, 15) is 13.2 Å². The first-order valence-electron chi connectivity index (χ1n) is 9.78. The Labute approximate surface area is 186 Å². The number of halogens is 1. The van der Waals surface area contributed by atoms with Gasteiger partial charge in [0.2, 0.25) is 0 Å². The van der Waals surface area contributed by atoms with E-state index in [2.05, 4.69) is 52.0 Å². The van der Waals surface area contributed by atoms with Gasteiger partial charge in [0.1, 0.15) is 0 Å². The Morgan fingerprint density at radius 2 is 1.73 bits per heavy atom.